The van der Waals surface area contributed by atoms with Gasteiger partial charge in [-0.3, -0.25) is 0 Å². The van der Waals surface area contributed by atoms with Crippen LogP contribution in [0.1, 0.15) is 11.1 Å². The molecule has 0 aliphatic rings. The summed E-state index contributed by atoms with van der Waals surface area (Å²) in [6, 6.07) is 7.68. The number of rotatable bonds is 23. The Balaban J connectivity index is 1.73. The molecule has 0 saturated heterocycles. The smallest absolute Gasteiger partial charge is 0.0721 e. The molecule has 178 valence electrons. The highest BCUT2D eigenvalue weighted by Crippen LogP contribution is 2.09. The predicted molar refractivity (Wildman–Crippen MR) is 117 cm³/mol. The van der Waals surface area contributed by atoms with Crippen LogP contribution in [0.2, 0.25) is 0 Å². The Morgan fingerprint density at radius 2 is 0.968 bits per heavy atom. The van der Waals surface area contributed by atoms with Crippen LogP contribution in [0.5, 0.6) is 0 Å². The largest absolute Gasteiger partial charge is 0.392 e. The van der Waals surface area contributed by atoms with Crippen LogP contribution in [0.4, 0.5) is 0 Å². The van der Waals surface area contributed by atoms with Gasteiger partial charge in [0.2, 0.25) is 0 Å². The van der Waals surface area contributed by atoms with Gasteiger partial charge in [0.05, 0.1) is 99.1 Å². The van der Waals surface area contributed by atoms with Gasteiger partial charge in [0.15, 0.2) is 0 Å². The highest BCUT2D eigenvalue weighted by atomic mass is 16.6. The van der Waals surface area contributed by atoms with E-state index >= 15 is 0 Å². The first-order valence-electron chi connectivity index (χ1n) is 10.7. The molecule has 0 heterocycles. The molecule has 8 nitrogen and oxygen atoms in total. The zero-order valence-electron chi connectivity index (χ0n) is 18.5. The number of hydrogen-bond donors (Lipinski definition) is 1. The second kappa shape index (κ2) is 21.9. The van der Waals surface area contributed by atoms with Gasteiger partial charge >= 0.3 is 0 Å². The normalized spacial score (nSPS) is 11.1. The molecule has 1 N–H and O–H groups in total. The van der Waals surface area contributed by atoms with E-state index in [2.05, 4.69) is 6.58 Å². The van der Waals surface area contributed by atoms with E-state index in [-0.39, 0.29) is 6.61 Å². The number of ether oxygens (including phenoxy) is 7. The van der Waals surface area contributed by atoms with Crippen LogP contribution in [-0.4, -0.2) is 91.0 Å². The van der Waals surface area contributed by atoms with Gasteiger partial charge in [-0.05, 0) is 11.1 Å². The average molecular weight is 443 g/mol. The molecule has 1 aromatic rings. The lowest BCUT2D eigenvalue weighted by molar-refractivity contribution is -0.0205. The first-order valence-corrected chi connectivity index (χ1v) is 10.7. The molecule has 8 heteroatoms. The van der Waals surface area contributed by atoms with Gasteiger partial charge in [-0.2, -0.15) is 0 Å². The van der Waals surface area contributed by atoms with Gasteiger partial charge in [-0.1, -0.05) is 30.3 Å². The fraction of sp³-hybridized carbons (Fsp3) is 0.652. The standard InChI is InChI=1S/C23H38O8/c1-2-7-25-8-9-26-10-11-27-12-13-28-14-15-29-16-17-30-18-19-31-21-23-6-4-3-5-22(23)20-24/h2-6,24H,1,7-21H2. The Labute approximate surface area is 186 Å². The molecule has 1 aromatic carbocycles. The van der Waals surface area contributed by atoms with E-state index in [0.717, 1.165) is 11.1 Å². The molecule has 0 spiro atoms. The molecule has 0 amide bonds. The zero-order valence-corrected chi connectivity index (χ0v) is 18.5. The maximum atomic E-state index is 9.27. The summed E-state index contributed by atoms with van der Waals surface area (Å²) in [5.74, 6) is 0. The molecule has 1 rings (SSSR count). The molecule has 0 unspecified atom stereocenters. The molecular formula is C23H38O8. The average Bonchev–Trinajstić information content (AvgIpc) is 2.80. The van der Waals surface area contributed by atoms with Crippen LogP contribution in [0.3, 0.4) is 0 Å². The minimum Gasteiger partial charge on any atom is -0.392 e. The third kappa shape index (κ3) is 16.9. The third-order valence-electron chi connectivity index (χ3n) is 4.01. The van der Waals surface area contributed by atoms with Crippen molar-refractivity contribution in [3.63, 3.8) is 0 Å². The van der Waals surface area contributed by atoms with E-state index in [1.165, 1.54) is 0 Å². The molecule has 0 aromatic heterocycles. The summed E-state index contributed by atoms with van der Waals surface area (Å²) in [6.07, 6.45) is 1.71. The first-order chi connectivity index (χ1) is 15.4. The SMILES string of the molecule is C=CCOCCOCCOCCOCCOCCOCCOCc1ccccc1CO. The van der Waals surface area contributed by atoms with E-state index in [0.29, 0.717) is 92.5 Å². The number of aliphatic hydroxyl groups is 1. The van der Waals surface area contributed by atoms with Crippen LogP contribution < -0.4 is 0 Å². The molecule has 0 fully saturated rings. The van der Waals surface area contributed by atoms with Gasteiger partial charge in [0.1, 0.15) is 0 Å². The summed E-state index contributed by atoms with van der Waals surface area (Å²) in [4.78, 5) is 0. The fourth-order valence-corrected chi connectivity index (χ4v) is 2.42. The summed E-state index contributed by atoms with van der Waals surface area (Å²) in [7, 11) is 0. The quantitative estimate of drug-likeness (QED) is 0.203. The fourth-order valence-electron chi connectivity index (χ4n) is 2.42. The van der Waals surface area contributed by atoms with Crippen LogP contribution in [0, 0.1) is 0 Å². The number of hydrogen-bond acceptors (Lipinski definition) is 8. The van der Waals surface area contributed by atoms with Crippen molar-refractivity contribution in [1.29, 1.82) is 0 Å². The van der Waals surface area contributed by atoms with Gasteiger partial charge in [0, 0.05) is 0 Å². The number of aliphatic hydroxyl groups excluding tert-OH is 1. The van der Waals surface area contributed by atoms with Crippen molar-refractivity contribution in [2.45, 2.75) is 13.2 Å². The summed E-state index contributed by atoms with van der Waals surface area (Å²) in [5, 5.41) is 9.27. The van der Waals surface area contributed by atoms with E-state index in [1.807, 2.05) is 24.3 Å². The number of benzene rings is 1. The van der Waals surface area contributed by atoms with Crippen molar-refractivity contribution in [2.75, 3.05) is 85.9 Å². The van der Waals surface area contributed by atoms with E-state index in [4.69, 9.17) is 33.2 Å². The minimum atomic E-state index is 0.0201. The monoisotopic (exact) mass is 442 g/mol. The highest BCUT2D eigenvalue weighted by Gasteiger charge is 2.00. The third-order valence-corrected chi connectivity index (χ3v) is 4.01. The second-order valence-corrected chi connectivity index (χ2v) is 6.40. The molecular weight excluding hydrogens is 404 g/mol. The maximum Gasteiger partial charge on any atom is 0.0721 e. The van der Waals surface area contributed by atoms with E-state index < -0.39 is 0 Å². The van der Waals surface area contributed by atoms with Gasteiger partial charge in [-0.25, -0.2) is 0 Å². The maximum absolute atomic E-state index is 9.27. The molecule has 0 aliphatic heterocycles. The van der Waals surface area contributed by atoms with Crippen molar-refractivity contribution in [1.82, 2.24) is 0 Å². The van der Waals surface area contributed by atoms with Gasteiger partial charge in [0.25, 0.3) is 0 Å². The lowest BCUT2D eigenvalue weighted by atomic mass is 10.1. The minimum absolute atomic E-state index is 0.0201. The molecule has 0 radical (unpaired) electrons. The Kier molecular flexibility index (Phi) is 19.5. The topological polar surface area (TPSA) is 84.8 Å². The lowest BCUT2D eigenvalue weighted by Crippen LogP contribution is -2.14. The predicted octanol–water partition coefficient (Wildman–Crippen LogP) is 1.98. The first kappa shape index (κ1) is 27.7. The summed E-state index contributed by atoms with van der Waals surface area (Å²) < 4.78 is 37.9. The van der Waals surface area contributed by atoms with Crippen molar-refractivity contribution in [3.8, 4) is 0 Å². The lowest BCUT2D eigenvalue weighted by Gasteiger charge is -2.09. The highest BCUT2D eigenvalue weighted by molar-refractivity contribution is 5.25. The Hall–Kier alpha value is -1.36. The van der Waals surface area contributed by atoms with Gasteiger partial charge in [-0.15, -0.1) is 6.58 Å². The van der Waals surface area contributed by atoms with Crippen molar-refractivity contribution in [3.05, 3.63) is 48.0 Å². The summed E-state index contributed by atoms with van der Waals surface area (Å²) >= 11 is 0. The Morgan fingerprint density at radius 1 is 0.581 bits per heavy atom. The van der Waals surface area contributed by atoms with Gasteiger partial charge < -0.3 is 38.3 Å². The van der Waals surface area contributed by atoms with Crippen LogP contribution in [0.15, 0.2) is 36.9 Å². The van der Waals surface area contributed by atoms with Crippen LogP contribution in [0.25, 0.3) is 0 Å². The summed E-state index contributed by atoms with van der Waals surface area (Å²) in [5.41, 5.74) is 1.89. The molecule has 0 bridgehead atoms. The summed E-state index contributed by atoms with van der Waals surface area (Å²) in [6.45, 7) is 10.9. The van der Waals surface area contributed by atoms with Crippen LogP contribution in [-0.2, 0) is 46.4 Å². The van der Waals surface area contributed by atoms with Crippen molar-refractivity contribution < 1.29 is 38.3 Å². The van der Waals surface area contributed by atoms with Crippen molar-refractivity contribution >= 4 is 0 Å². The molecule has 0 aliphatic carbocycles. The Bertz CT molecular complexity index is 526. The van der Waals surface area contributed by atoms with E-state index in [9.17, 15) is 5.11 Å². The molecule has 0 saturated carbocycles. The zero-order chi connectivity index (χ0) is 22.2. The van der Waals surface area contributed by atoms with E-state index in [1.54, 1.807) is 6.08 Å². The molecule has 31 heavy (non-hydrogen) atoms. The molecule has 0 atom stereocenters. The Morgan fingerprint density at radius 3 is 1.39 bits per heavy atom. The second-order valence-electron chi connectivity index (χ2n) is 6.40. The van der Waals surface area contributed by atoms with Crippen LogP contribution >= 0.6 is 0 Å². The van der Waals surface area contributed by atoms with Crippen molar-refractivity contribution in [2.24, 2.45) is 0 Å².